The first-order chi connectivity index (χ1) is 9.86. The van der Waals surface area contributed by atoms with Crippen molar-refractivity contribution in [3.63, 3.8) is 0 Å². The number of alkyl halides is 1. The molecule has 0 saturated heterocycles. The van der Waals surface area contributed by atoms with Crippen molar-refractivity contribution in [2.75, 3.05) is 7.11 Å². The van der Waals surface area contributed by atoms with Crippen molar-refractivity contribution < 1.29 is 13.9 Å². The summed E-state index contributed by atoms with van der Waals surface area (Å²) in [6.07, 6.45) is 0. The Morgan fingerprint density at radius 2 is 2.00 bits per heavy atom. The molecule has 2 aromatic rings. The van der Waals surface area contributed by atoms with Gasteiger partial charge in [-0.2, -0.15) is 0 Å². The summed E-state index contributed by atoms with van der Waals surface area (Å²) in [7, 11) is 1.42. The van der Waals surface area contributed by atoms with Gasteiger partial charge in [0.25, 0.3) is 0 Å². The van der Waals surface area contributed by atoms with E-state index in [0.29, 0.717) is 11.3 Å². The van der Waals surface area contributed by atoms with Crippen LogP contribution in [0.4, 0.5) is 4.39 Å². The second kappa shape index (κ2) is 5.90. The zero-order chi connectivity index (χ0) is 15.7. The lowest BCUT2D eigenvalue weighted by Gasteiger charge is -2.11. The van der Waals surface area contributed by atoms with Crippen LogP contribution in [0, 0.1) is 19.7 Å². The van der Waals surface area contributed by atoms with Gasteiger partial charge in [-0.3, -0.25) is 4.79 Å². The number of ketones is 1. The van der Waals surface area contributed by atoms with E-state index in [9.17, 15) is 9.18 Å². The Kier molecular flexibility index (Phi) is 4.37. The van der Waals surface area contributed by atoms with E-state index in [1.807, 2.05) is 18.4 Å². The molecule has 0 N–H and O–H groups in total. The molecule has 0 amide bonds. The van der Waals surface area contributed by atoms with Crippen LogP contribution >= 0.6 is 11.6 Å². The largest absolute Gasteiger partial charge is 0.494 e. The van der Waals surface area contributed by atoms with E-state index in [-0.39, 0.29) is 11.5 Å². The van der Waals surface area contributed by atoms with Crippen LogP contribution in [-0.2, 0) is 0 Å². The lowest BCUT2D eigenvalue weighted by Crippen LogP contribution is -2.11. The Hall–Kier alpha value is -1.81. The Morgan fingerprint density at radius 1 is 1.33 bits per heavy atom. The van der Waals surface area contributed by atoms with E-state index in [4.69, 9.17) is 16.3 Å². The zero-order valence-corrected chi connectivity index (χ0v) is 13.2. The summed E-state index contributed by atoms with van der Waals surface area (Å²) in [4.78, 5) is 12.1. The fourth-order valence-electron chi connectivity index (χ4n) is 2.42. The molecule has 21 heavy (non-hydrogen) atoms. The monoisotopic (exact) mass is 309 g/mol. The van der Waals surface area contributed by atoms with Crippen LogP contribution in [0.15, 0.2) is 24.3 Å². The van der Waals surface area contributed by atoms with Crippen LogP contribution in [-0.4, -0.2) is 22.8 Å². The topological polar surface area (TPSA) is 31.2 Å². The van der Waals surface area contributed by atoms with Crippen LogP contribution in [0.25, 0.3) is 5.69 Å². The third kappa shape index (κ3) is 2.81. The Bertz CT molecular complexity index is 692. The summed E-state index contributed by atoms with van der Waals surface area (Å²) in [5, 5.41) is -0.591. The molecule has 1 heterocycles. The molecule has 0 radical (unpaired) electrons. The van der Waals surface area contributed by atoms with Crippen molar-refractivity contribution in [2.24, 2.45) is 0 Å². The maximum atomic E-state index is 13.9. The van der Waals surface area contributed by atoms with Crippen LogP contribution in [0.3, 0.4) is 0 Å². The molecule has 0 aliphatic rings. The number of benzene rings is 1. The summed E-state index contributed by atoms with van der Waals surface area (Å²) < 4.78 is 20.6. The number of carbonyl (C=O) groups excluding carboxylic acids is 1. The predicted molar refractivity (Wildman–Crippen MR) is 81.4 cm³/mol. The van der Waals surface area contributed by atoms with E-state index < -0.39 is 11.2 Å². The summed E-state index contributed by atoms with van der Waals surface area (Å²) in [5.74, 6) is -0.391. The maximum absolute atomic E-state index is 13.9. The van der Waals surface area contributed by atoms with Gasteiger partial charge in [0.2, 0.25) is 0 Å². The molecule has 2 rings (SSSR count). The van der Waals surface area contributed by atoms with Crippen LogP contribution in [0.2, 0.25) is 0 Å². The smallest absolute Gasteiger partial charge is 0.182 e. The molecule has 5 heteroatoms. The van der Waals surface area contributed by atoms with Crippen LogP contribution in [0.5, 0.6) is 5.75 Å². The highest BCUT2D eigenvalue weighted by molar-refractivity contribution is 6.33. The zero-order valence-electron chi connectivity index (χ0n) is 12.4. The molecule has 0 spiro atoms. The van der Waals surface area contributed by atoms with Crippen molar-refractivity contribution in [1.29, 1.82) is 0 Å². The second-order valence-electron chi connectivity index (χ2n) is 4.92. The van der Waals surface area contributed by atoms with Gasteiger partial charge in [-0.25, -0.2) is 4.39 Å². The van der Waals surface area contributed by atoms with E-state index in [0.717, 1.165) is 11.4 Å². The fourth-order valence-corrected chi connectivity index (χ4v) is 2.54. The first-order valence-electron chi connectivity index (χ1n) is 6.58. The number of ether oxygens (including phenoxy) is 1. The standard InChI is InChI=1S/C16H17ClFNO2/c1-9-7-13(16(20)10(2)17)11(3)19(9)12-5-6-15(21-4)14(18)8-12/h5-8,10H,1-4H3. The minimum absolute atomic E-state index is 0.134. The third-order valence-corrected chi connectivity index (χ3v) is 3.65. The second-order valence-corrected chi connectivity index (χ2v) is 5.57. The van der Waals surface area contributed by atoms with Crippen molar-refractivity contribution in [2.45, 2.75) is 26.1 Å². The third-order valence-electron chi connectivity index (χ3n) is 3.45. The molecule has 0 fully saturated rings. The molecule has 0 saturated carbocycles. The number of methoxy groups -OCH3 is 1. The number of nitrogens with zero attached hydrogens (tertiary/aromatic N) is 1. The number of hydrogen-bond donors (Lipinski definition) is 0. The minimum atomic E-state index is -0.591. The molecule has 112 valence electrons. The number of aryl methyl sites for hydroxylation is 1. The molecule has 3 nitrogen and oxygen atoms in total. The maximum Gasteiger partial charge on any atom is 0.182 e. The van der Waals surface area contributed by atoms with Gasteiger partial charge in [0.05, 0.1) is 12.5 Å². The summed E-state index contributed by atoms with van der Waals surface area (Å²) >= 11 is 5.87. The average Bonchev–Trinajstić information content (AvgIpc) is 2.73. The lowest BCUT2D eigenvalue weighted by molar-refractivity contribution is 0.0991. The minimum Gasteiger partial charge on any atom is -0.494 e. The highest BCUT2D eigenvalue weighted by Crippen LogP contribution is 2.26. The first kappa shape index (κ1) is 15.6. The van der Waals surface area contributed by atoms with Gasteiger partial charge in [-0.05, 0) is 39.0 Å². The van der Waals surface area contributed by atoms with Gasteiger partial charge < -0.3 is 9.30 Å². The lowest BCUT2D eigenvalue weighted by atomic mass is 10.1. The van der Waals surface area contributed by atoms with E-state index in [1.165, 1.54) is 13.2 Å². The van der Waals surface area contributed by atoms with Crippen molar-refractivity contribution in [3.05, 3.63) is 47.0 Å². The normalized spacial score (nSPS) is 12.3. The molecule has 0 aliphatic heterocycles. The van der Waals surface area contributed by atoms with Crippen LogP contribution in [0.1, 0.15) is 28.7 Å². The molecular weight excluding hydrogens is 293 g/mol. The van der Waals surface area contributed by atoms with E-state index in [2.05, 4.69) is 0 Å². The van der Waals surface area contributed by atoms with Gasteiger partial charge >= 0.3 is 0 Å². The first-order valence-corrected chi connectivity index (χ1v) is 7.01. The molecule has 0 aliphatic carbocycles. The van der Waals surface area contributed by atoms with Crippen molar-refractivity contribution in [3.8, 4) is 11.4 Å². The highest BCUT2D eigenvalue weighted by Gasteiger charge is 2.20. The van der Waals surface area contributed by atoms with Gasteiger partial charge in [0, 0.05) is 28.7 Å². The molecule has 1 aromatic heterocycles. The molecule has 1 atom stereocenters. The number of carbonyl (C=O) groups is 1. The van der Waals surface area contributed by atoms with Gasteiger partial charge in [0.15, 0.2) is 17.3 Å². The van der Waals surface area contributed by atoms with E-state index in [1.54, 1.807) is 25.1 Å². The number of aromatic nitrogens is 1. The van der Waals surface area contributed by atoms with Gasteiger partial charge in [-0.1, -0.05) is 0 Å². The Morgan fingerprint density at radius 3 is 2.52 bits per heavy atom. The van der Waals surface area contributed by atoms with Crippen LogP contribution < -0.4 is 4.74 Å². The Balaban J connectivity index is 2.55. The molecule has 1 unspecified atom stereocenters. The molecule has 0 bridgehead atoms. The number of halogens is 2. The fraction of sp³-hybridized carbons (Fsp3) is 0.312. The molecule has 1 aromatic carbocycles. The van der Waals surface area contributed by atoms with Crippen molar-refractivity contribution >= 4 is 17.4 Å². The number of Topliss-reactive ketones (excluding diaryl/α,β-unsaturated/α-hetero) is 1. The van der Waals surface area contributed by atoms with Gasteiger partial charge in [0.1, 0.15) is 0 Å². The van der Waals surface area contributed by atoms with E-state index >= 15 is 0 Å². The quantitative estimate of drug-likeness (QED) is 0.630. The predicted octanol–water partition coefficient (Wildman–Crippen LogP) is 4.05. The summed E-state index contributed by atoms with van der Waals surface area (Å²) in [6, 6.07) is 6.48. The SMILES string of the molecule is COc1ccc(-n2c(C)cc(C(=O)C(C)Cl)c2C)cc1F. The summed E-state index contributed by atoms with van der Waals surface area (Å²) in [5.41, 5.74) is 2.79. The molecular formula is C16H17ClFNO2. The highest BCUT2D eigenvalue weighted by atomic mass is 35.5. The number of rotatable bonds is 4. The Labute approximate surface area is 128 Å². The van der Waals surface area contributed by atoms with Crippen molar-refractivity contribution in [1.82, 2.24) is 4.57 Å². The summed E-state index contributed by atoms with van der Waals surface area (Å²) in [6.45, 7) is 5.33. The van der Waals surface area contributed by atoms with Gasteiger partial charge in [-0.15, -0.1) is 11.6 Å². The average molecular weight is 310 g/mol. The number of hydrogen-bond acceptors (Lipinski definition) is 2.